The third-order valence-electron chi connectivity index (χ3n) is 3.90. The summed E-state index contributed by atoms with van der Waals surface area (Å²) in [4.78, 5) is 26.7. The second-order valence-electron chi connectivity index (χ2n) is 6.43. The minimum absolute atomic E-state index is 0.0994. The molecule has 25 heavy (non-hydrogen) atoms. The Morgan fingerprint density at radius 3 is 2.12 bits per heavy atom. The Bertz CT molecular complexity index is 702. The van der Waals surface area contributed by atoms with Gasteiger partial charge < -0.3 is 10.2 Å². The summed E-state index contributed by atoms with van der Waals surface area (Å²) in [6, 6.07) is 18.5. The molecule has 0 aliphatic carbocycles. The normalized spacial score (nSPS) is 11.0. The van der Waals surface area contributed by atoms with E-state index in [1.54, 1.807) is 30.9 Å². The van der Waals surface area contributed by atoms with Crippen LogP contribution in [-0.2, 0) is 4.79 Å². The van der Waals surface area contributed by atoms with Crippen LogP contribution in [-0.4, -0.2) is 30.8 Å². The maximum absolute atomic E-state index is 12.9. The van der Waals surface area contributed by atoms with E-state index in [-0.39, 0.29) is 17.7 Å². The van der Waals surface area contributed by atoms with Crippen LogP contribution in [0.3, 0.4) is 0 Å². The van der Waals surface area contributed by atoms with Gasteiger partial charge in [0.25, 0.3) is 5.91 Å². The van der Waals surface area contributed by atoms with Crippen LogP contribution in [0, 0.1) is 5.41 Å². The number of nitrogens with zero attached hydrogens (tertiary/aromatic N) is 1. The first-order chi connectivity index (χ1) is 12.0. The molecule has 0 atom stereocenters. The highest BCUT2D eigenvalue weighted by Gasteiger charge is 2.26. The lowest BCUT2D eigenvalue weighted by molar-refractivity contribution is -0.128. The summed E-state index contributed by atoms with van der Waals surface area (Å²) >= 11 is 5.83. The SMILES string of the molecule is CC(C)(CCl)C(=O)NCCN(C(=O)c1ccccc1)c1ccccc1. The van der Waals surface area contributed by atoms with Gasteiger partial charge in [-0.15, -0.1) is 11.6 Å². The number of carbonyl (C=O) groups excluding carboxylic acids is 2. The third kappa shape index (κ3) is 5.07. The maximum atomic E-state index is 12.9. The lowest BCUT2D eigenvalue weighted by Crippen LogP contribution is -2.43. The van der Waals surface area contributed by atoms with Crippen molar-refractivity contribution >= 4 is 29.1 Å². The largest absolute Gasteiger partial charge is 0.354 e. The molecule has 2 aromatic rings. The van der Waals surface area contributed by atoms with Crippen LogP contribution in [0.25, 0.3) is 0 Å². The number of nitrogens with one attached hydrogen (secondary N) is 1. The number of carbonyl (C=O) groups is 2. The van der Waals surface area contributed by atoms with Gasteiger partial charge in [0, 0.05) is 30.2 Å². The van der Waals surface area contributed by atoms with Crippen molar-refractivity contribution in [2.24, 2.45) is 5.41 Å². The average molecular weight is 359 g/mol. The fourth-order valence-corrected chi connectivity index (χ4v) is 2.39. The lowest BCUT2D eigenvalue weighted by Gasteiger charge is -2.25. The number of para-hydroxylation sites is 1. The number of halogens is 1. The molecule has 2 rings (SSSR count). The van der Waals surface area contributed by atoms with Crippen LogP contribution in [0.5, 0.6) is 0 Å². The molecule has 0 bridgehead atoms. The molecule has 0 radical (unpaired) electrons. The molecule has 0 aliphatic rings. The first-order valence-electron chi connectivity index (χ1n) is 8.22. The van der Waals surface area contributed by atoms with Gasteiger partial charge in [0.05, 0.1) is 5.41 Å². The standard InChI is InChI=1S/C20H23ClN2O2/c1-20(2,15-21)19(25)22-13-14-23(17-11-7-4-8-12-17)18(24)16-9-5-3-6-10-16/h3-12H,13-15H2,1-2H3,(H,22,25). The first kappa shape index (κ1) is 19.0. The van der Waals surface area contributed by atoms with E-state index in [2.05, 4.69) is 5.32 Å². The van der Waals surface area contributed by atoms with Gasteiger partial charge in [-0.3, -0.25) is 9.59 Å². The Morgan fingerprint density at radius 1 is 1.00 bits per heavy atom. The van der Waals surface area contributed by atoms with Crippen molar-refractivity contribution in [2.75, 3.05) is 23.9 Å². The summed E-state index contributed by atoms with van der Waals surface area (Å²) in [5, 5.41) is 2.86. The molecular formula is C20H23ClN2O2. The topological polar surface area (TPSA) is 49.4 Å². The number of hydrogen-bond donors (Lipinski definition) is 1. The summed E-state index contributed by atoms with van der Waals surface area (Å²) in [6.45, 7) is 4.31. The zero-order valence-corrected chi connectivity index (χ0v) is 15.3. The van der Waals surface area contributed by atoms with E-state index in [4.69, 9.17) is 11.6 Å². The molecule has 0 aromatic heterocycles. The number of alkyl halides is 1. The van der Waals surface area contributed by atoms with E-state index in [9.17, 15) is 9.59 Å². The zero-order valence-electron chi connectivity index (χ0n) is 14.5. The number of rotatable bonds is 7. The van der Waals surface area contributed by atoms with Gasteiger partial charge in [-0.05, 0) is 38.1 Å². The zero-order chi connectivity index (χ0) is 18.3. The average Bonchev–Trinajstić information content (AvgIpc) is 2.66. The van der Waals surface area contributed by atoms with Crippen molar-refractivity contribution in [3.8, 4) is 0 Å². The van der Waals surface area contributed by atoms with Crippen LogP contribution < -0.4 is 10.2 Å². The second kappa shape index (κ2) is 8.67. The van der Waals surface area contributed by atoms with E-state index in [0.717, 1.165) is 5.69 Å². The minimum atomic E-state index is -0.636. The Hall–Kier alpha value is -2.33. The summed E-state index contributed by atoms with van der Waals surface area (Å²) in [6.07, 6.45) is 0. The summed E-state index contributed by atoms with van der Waals surface area (Å²) < 4.78 is 0. The van der Waals surface area contributed by atoms with Crippen LogP contribution in [0.15, 0.2) is 60.7 Å². The Morgan fingerprint density at radius 2 is 1.56 bits per heavy atom. The van der Waals surface area contributed by atoms with Gasteiger partial charge in [-0.25, -0.2) is 0 Å². The fraction of sp³-hybridized carbons (Fsp3) is 0.300. The molecule has 1 N–H and O–H groups in total. The van der Waals surface area contributed by atoms with Crippen LogP contribution in [0.2, 0.25) is 0 Å². The predicted molar refractivity (Wildman–Crippen MR) is 102 cm³/mol. The van der Waals surface area contributed by atoms with Crippen molar-refractivity contribution < 1.29 is 9.59 Å². The van der Waals surface area contributed by atoms with Gasteiger partial charge in [-0.2, -0.15) is 0 Å². The van der Waals surface area contributed by atoms with Gasteiger partial charge in [0.1, 0.15) is 0 Å². The Balaban J connectivity index is 2.11. The molecule has 4 nitrogen and oxygen atoms in total. The molecule has 2 amide bonds. The fourth-order valence-electron chi connectivity index (χ4n) is 2.27. The molecular weight excluding hydrogens is 336 g/mol. The van der Waals surface area contributed by atoms with Crippen LogP contribution >= 0.6 is 11.6 Å². The van der Waals surface area contributed by atoms with Gasteiger partial charge in [0.15, 0.2) is 0 Å². The number of amides is 2. The van der Waals surface area contributed by atoms with Crippen molar-refractivity contribution in [2.45, 2.75) is 13.8 Å². The third-order valence-corrected chi connectivity index (χ3v) is 4.57. The van der Waals surface area contributed by atoms with Crippen molar-refractivity contribution in [3.63, 3.8) is 0 Å². The Kier molecular flexibility index (Phi) is 6.59. The highest BCUT2D eigenvalue weighted by Crippen LogP contribution is 2.18. The Labute approximate surface area is 153 Å². The van der Waals surface area contributed by atoms with Gasteiger partial charge in [-0.1, -0.05) is 36.4 Å². The number of benzene rings is 2. The maximum Gasteiger partial charge on any atom is 0.258 e. The molecule has 2 aromatic carbocycles. The second-order valence-corrected chi connectivity index (χ2v) is 6.70. The minimum Gasteiger partial charge on any atom is -0.354 e. The molecule has 0 unspecified atom stereocenters. The van der Waals surface area contributed by atoms with Crippen LogP contribution in [0.1, 0.15) is 24.2 Å². The first-order valence-corrected chi connectivity index (χ1v) is 8.75. The highest BCUT2D eigenvalue weighted by molar-refractivity contribution is 6.19. The lowest BCUT2D eigenvalue weighted by atomic mass is 9.95. The van der Waals surface area contributed by atoms with Crippen molar-refractivity contribution in [1.29, 1.82) is 0 Å². The van der Waals surface area contributed by atoms with E-state index < -0.39 is 5.41 Å². The number of hydrogen-bond acceptors (Lipinski definition) is 2. The quantitative estimate of drug-likeness (QED) is 0.767. The molecule has 5 heteroatoms. The van der Waals surface area contributed by atoms with E-state index in [1.165, 1.54) is 0 Å². The van der Waals surface area contributed by atoms with Gasteiger partial charge in [0.2, 0.25) is 5.91 Å². The molecule has 0 spiro atoms. The van der Waals surface area contributed by atoms with E-state index in [0.29, 0.717) is 18.7 Å². The van der Waals surface area contributed by atoms with Crippen molar-refractivity contribution in [1.82, 2.24) is 5.32 Å². The molecule has 0 saturated carbocycles. The summed E-state index contributed by atoms with van der Waals surface area (Å²) in [5.41, 5.74) is 0.767. The molecule has 0 heterocycles. The number of anilines is 1. The summed E-state index contributed by atoms with van der Waals surface area (Å²) in [5.74, 6) is 0.0183. The molecule has 0 aliphatic heterocycles. The van der Waals surface area contributed by atoms with E-state index >= 15 is 0 Å². The summed E-state index contributed by atoms with van der Waals surface area (Å²) in [7, 11) is 0. The van der Waals surface area contributed by atoms with Crippen LogP contribution in [0.4, 0.5) is 5.69 Å². The monoisotopic (exact) mass is 358 g/mol. The molecule has 0 saturated heterocycles. The van der Waals surface area contributed by atoms with Crippen molar-refractivity contribution in [3.05, 3.63) is 66.2 Å². The molecule has 132 valence electrons. The molecule has 0 fully saturated rings. The van der Waals surface area contributed by atoms with E-state index in [1.807, 2.05) is 48.5 Å². The smallest absolute Gasteiger partial charge is 0.258 e. The highest BCUT2D eigenvalue weighted by atomic mass is 35.5. The predicted octanol–water partition coefficient (Wildman–Crippen LogP) is 3.71. The van der Waals surface area contributed by atoms with Gasteiger partial charge >= 0.3 is 0 Å².